The van der Waals surface area contributed by atoms with Crippen LogP contribution in [-0.2, 0) is 16.1 Å². The summed E-state index contributed by atoms with van der Waals surface area (Å²) in [5.74, 6) is -0.794. The maximum absolute atomic E-state index is 12.0. The number of ether oxygens (including phenoxy) is 1. The number of anilines is 1. The van der Waals surface area contributed by atoms with E-state index in [2.05, 4.69) is 20.8 Å². The van der Waals surface area contributed by atoms with Gasteiger partial charge in [-0.05, 0) is 24.3 Å². The monoisotopic (exact) mass is 324 g/mol. The lowest BCUT2D eigenvalue weighted by Gasteiger charge is -2.09. The number of aromatic nitrogens is 2. The fourth-order valence-corrected chi connectivity index (χ4v) is 2.31. The van der Waals surface area contributed by atoms with Gasteiger partial charge in [-0.15, -0.1) is 0 Å². The lowest BCUT2D eigenvalue weighted by atomic mass is 10.2. The van der Waals surface area contributed by atoms with E-state index in [1.165, 1.54) is 0 Å². The number of rotatable bonds is 4. The van der Waals surface area contributed by atoms with Crippen molar-refractivity contribution in [2.75, 3.05) is 12.4 Å². The molecule has 1 heterocycles. The number of hydrogen-bond acceptors (Lipinski definition) is 4. The van der Waals surface area contributed by atoms with Gasteiger partial charge in [0.25, 0.3) is 0 Å². The minimum atomic E-state index is -0.733. The predicted octanol–water partition coefficient (Wildman–Crippen LogP) is 1.83. The van der Waals surface area contributed by atoms with Gasteiger partial charge in [-0.25, -0.2) is 0 Å². The molecule has 2 aromatic carbocycles. The molecule has 0 unspecified atom stereocenters. The number of H-pyrrole nitrogens is 1. The van der Waals surface area contributed by atoms with Gasteiger partial charge in [-0.3, -0.25) is 14.7 Å². The van der Waals surface area contributed by atoms with Crippen LogP contribution in [-0.4, -0.2) is 29.1 Å². The van der Waals surface area contributed by atoms with Crippen LogP contribution in [0.3, 0.4) is 0 Å². The van der Waals surface area contributed by atoms with Crippen LogP contribution in [0.15, 0.2) is 48.7 Å². The number of carbonyl (C=O) groups excluding carboxylic acids is 2. The normalized spacial score (nSPS) is 10.4. The van der Waals surface area contributed by atoms with Crippen molar-refractivity contribution in [2.24, 2.45) is 0 Å². The molecule has 0 spiro atoms. The summed E-state index contributed by atoms with van der Waals surface area (Å²) in [6, 6.07) is 12.5. The highest BCUT2D eigenvalue weighted by atomic mass is 16.5. The molecule has 0 saturated heterocycles. The van der Waals surface area contributed by atoms with Crippen molar-refractivity contribution in [2.45, 2.75) is 6.54 Å². The molecule has 0 atom stereocenters. The number of carbonyl (C=O) groups is 2. The Balaban J connectivity index is 1.61. The molecule has 0 radical (unpaired) electrons. The van der Waals surface area contributed by atoms with Crippen molar-refractivity contribution in [3.8, 4) is 5.75 Å². The standard InChI is InChI=1S/C17H16N4O3/c1-24-15-5-3-2-4-12(15)9-18-16(22)17(23)20-13-7-6-11-10-19-21-14(11)8-13/h2-8,10H,9H2,1H3,(H,18,22)(H,19,21)(H,20,23). The first-order valence-electron chi connectivity index (χ1n) is 7.31. The molecule has 0 aliphatic heterocycles. The lowest BCUT2D eigenvalue weighted by molar-refractivity contribution is -0.136. The van der Waals surface area contributed by atoms with Crippen molar-refractivity contribution in [3.63, 3.8) is 0 Å². The molecule has 0 bridgehead atoms. The van der Waals surface area contributed by atoms with E-state index in [4.69, 9.17) is 4.74 Å². The van der Waals surface area contributed by atoms with Crippen LogP contribution in [0.25, 0.3) is 10.9 Å². The minimum absolute atomic E-state index is 0.204. The van der Waals surface area contributed by atoms with Crippen molar-refractivity contribution >= 4 is 28.4 Å². The average molecular weight is 324 g/mol. The number of amides is 2. The highest BCUT2D eigenvalue weighted by Gasteiger charge is 2.14. The summed E-state index contributed by atoms with van der Waals surface area (Å²) < 4.78 is 5.21. The molecule has 3 aromatic rings. The van der Waals surface area contributed by atoms with Crippen LogP contribution in [0.5, 0.6) is 5.75 Å². The van der Waals surface area contributed by atoms with Crippen molar-refractivity contribution < 1.29 is 14.3 Å². The number of hydrogen-bond donors (Lipinski definition) is 3. The molecule has 2 amide bonds. The van der Waals surface area contributed by atoms with E-state index < -0.39 is 11.8 Å². The summed E-state index contributed by atoms with van der Waals surface area (Å²) in [5, 5.41) is 12.8. The van der Waals surface area contributed by atoms with E-state index in [1.54, 1.807) is 37.6 Å². The van der Waals surface area contributed by atoms with Crippen LogP contribution in [0, 0.1) is 0 Å². The molecule has 3 N–H and O–H groups in total. The molecule has 7 heteroatoms. The van der Waals surface area contributed by atoms with Crippen molar-refractivity contribution in [1.29, 1.82) is 0 Å². The molecule has 0 aliphatic carbocycles. The molecule has 24 heavy (non-hydrogen) atoms. The van der Waals surface area contributed by atoms with Crippen LogP contribution in [0.1, 0.15) is 5.56 Å². The van der Waals surface area contributed by atoms with Crippen LogP contribution >= 0.6 is 0 Å². The molecular formula is C17H16N4O3. The van der Waals surface area contributed by atoms with Gasteiger partial charge in [0.2, 0.25) is 0 Å². The van der Waals surface area contributed by atoms with Crippen molar-refractivity contribution in [3.05, 3.63) is 54.2 Å². The number of benzene rings is 2. The minimum Gasteiger partial charge on any atom is -0.496 e. The zero-order valence-corrected chi connectivity index (χ0v) is 13.0. The third-order valence-corrected chi connectivity index (χ3v) is 3.54. The smallest absolute Gasteiger partial charge is 0.313 e. The molecule has 1 aromatic heterocycles. The summed E-state index contributed by atoms with van der Waals surface area (Å²) in [6.07, 6.45) is 1.68. The first-order chi connectivity index (χ1) is 11.7. The number of aromatic amines is 1. The Morgan fingerprint density at radius 2 is 2.00 bits per heavy atom. The third kappa shape index (κ3) is 3.35. The Kier molecular flexibility index (Phi) is 4.42. The first kappa shape index (κ1) is 15.5. The quantitative estimate of drug-likeness (QED) is 0.638. The number of nitrogens with zero attached hydrogens (tertiary/aromatic N) is 1. The topological polar surface area (TPSA) is 96.1 Å². The number of nitrogens with one attached hydrogen (secondary N) is 3. The summed E-state index contributed by atoms with van der Waals surface area (Å²) in [7, 11) is 1.55. The fraction of sp³-hybridized carbons (Fsp3) is 0.118. The fourth-order valence-electron chi connectivity index (χ4n) is 2.31. The summed E-state index contributed by atoms with van der Waals surface area (Å²) in [4.78, 5) is 23.9. The summed E-state index contributed by atoms with van der Waals surface area (Å²) >= 11 is 0. The van der Waals surface area contributed by atoms with E-state index in [9.17, 15) is 9.59 Å². The van der Waals surface area contributed by atoms with E-state index in [-0.39, 0.29) is 6.54 Å². The second kappa shape index (κ2) is 6.82. The van der Waals surface area contributed by atoms with Gasteiger partial charge in [0.15, 0.2) is 0 Å². The Labute approximate surface area is 138 Å². The zero-order valence-electron chi connectivity index (χ0n) is 13.0. The van der Waals surface area contributed by atoms with Gasteiger partial charge < -0.3 is 15.4 Å². The summed E-state index contributed by atoms with van der Waals surface area (Å²) in [5.41, 5.74) is 2.09. The van der Waals surface area contributed by atoms with Gasteiger partial charge in [-0.1, -0.05) is 18.2 Å². The first-order valence-corrected chi connectivity index (χ1v) is 7.31. The Morgan fingerprint density at radius 1 is 1.17 bits per heavy atom. The van der Waals surface area contributed by atoms with Crippen LogP contribution < -0.4 is 15.4 Å². The molecular weight excluding hydrogens is 308 g/mol. The SMILES string of the molecule is COc1ccccc1CNC(=O)C(=O)Nc1ccc2cn[nH]c2c1. The van der Waals surface area contributed by atoms with Crippen LogP contribution in [0.4, 0.5) is 5.69 Å². The Hall–Kier alpha value is -3.35. The largest absolute Gasteiger partial charge is 0.496 e. The van der Waals surface area contributed by atoms with Gasteiger partial charge in [0.05, 0.1) is 18.8 Å². The molecule has 0 aliphatic rings. The Bertz CT molecular complexity index is 888. The van der Waals surface area contributed by atoms with E-state index in [1.807, 2.05) is 18.2 Å². The molecule has 122 valence electrons. The Morgan fingerprint density at radius 3 is 2.83 bits per heavy atom. The number of methoxy groups -OCH3 is 1. The van der Waals surface area contributed by atoms with E-state index in [0.29, 0.717) is 11.4 Å². The average Bonchev–Trinajstić information content (AvgIpc) is 3.07. The van der Waals surface area contributed by atoms with E-state index >= 15 is 0 Å². The second-order valence-corrected chi connectivity index (χ2v) is 5.12. The zero-order chi connectivity index (χ0) is 16.9. The highest BCUT2D eigenvalue weighted by molar-refractivity contribution is 6.39. The van der Waals surface area contributed by atoms with Gasteiger partial charge in [0.1, 0.15) is 5.75 Å². The van der Waals surface area contributed by atoms with Gasteiger partial charge >= 0.3 is 11.8 Å². The number of fused-ring (bicyclic) bond motifs is 1. The molecule has 3 rings (SSSR count). The molecule has 7 nitrogen and oxygen atoms in total. The maximum atomic E-state index is 12.0. The third-order valence-electron chi connectivity index (χ3n) is 3.54. The van der Waals surface area contributed by atoms with Crippen LogP contribution in [0.2, 0.25) is 0 Å². The molecule has 0 saturated carbocycles. The molecule has 0 fully saturated rings. The predicted molar refractivity (Wildman–Crippen MR) is 89.6 cm³/mol. The maximum Gasteiger partial charge on any atom is 0.313 e. The van der Waals surface area contributed by atoms with Gasteiger partial charge in [-0.2, -0.15) is 5.10 Å². The highest BCUT2D eigenvalue weighted by Crippen LogP contribution is 2.17. The van der Waals surface area contributed by atoms with E-state index in [0.717, 1.165) is 16.5 Å². The van der Waals surface area contributed by atoms with Gasteiger partial charge in [0, 0.05) is 23.2 Å². The second-order valence-electron chi connectivity index (χ2n) is 5.12. The van der Waals surface area contributed by atoms with Crippen molar-refractivity contribution in [1.82, 2.24) is 15.5 Å². The lowest BCUT2D eigenvalue weighted by Crippen LogP contribution is -2.35. The summed E-state index contributed by atoms with van der Waals surface area (Å²) in [6.45, 7) is 0.204. The number of para-hydroxylation sites is 1.